The Balaban J connectivity index is 2.56. The fourth-order valence-corrected chi connectivity index (χ4v) is 2.68. The van der Waals surface area contributed by atoms with Crippen LogP contribution in [0, 0.1) is 11.3 Å². The minimum absolute atomic E-state index is 0.00214. The summed E-state index contributed by atoms with van der Waals surface area (Å²) in [7, 11) is 0. The van der Waals surface area contributed by atoms with E-state index in [1.165, 1.54) is 5.56 Å². The number of carboxylic acids is 1. The predicted molar refractivity (Wildman–Crippen MR) is 80.8 cm³/mol. The van der Waals surface area contributed by atoms with Crippen LogP contribution in [0.4, 0.5) is 0 Å². The van der Waals surface area contributed by atoms with Crippen molar-refractivity contribution in [2.75, 3.05) is 0 Å². The zero-order valence-electron chi connectivity index (χ0n) is 12.5. The Bertz CT molecular complexity index is 456. The number of amides is 1. The molecule has 0 radical (unpaired) electrons. The van der Waals surface area contributed by atoms with E-state index in [0.29, 0.717) is 0 Å². The molecule has 1 amide bonds. The van der Waals surface area contributed by atoms with Crippen molar-refractivity contribution in [2.24, 2.45) is 11.3 Å². The molecule has 0 bridgehead atoms. The SMILES string of the molecule is CC(Cc1ccsc1)NC(=O)CC(C)(C(=O)O)C(C)C. The second-order valence-electron chi connectivity index (χ2n) is 5.86. The average molecular weight is 297 g/mol. The van der Waals surface area contributed by atoms with Crippen molar-refractivity contribution in [1.29, 1.82) is 0 Å². The highest BCUT2D eigenvalue weighted by atomic mass is 32.1. The standard InChI is InChI=1S/C15H23NO3S/c1-10(2)15(4,14(18)19)8-13(17)16-11(3)7-12-5-6-20-9-12/h5-6,9-11H,7-8H2,1-4H3,(H,16,17)(H,18,19). The molecule has 0 saturated carbocycles. The minimum Gasteiger partial charge on any atom is -0.481 e. The molecule has 0 saturated heterocycles. The Morgan fingerprint density at radius 1 is 1.40 bits per heavy atom. The van der Waals surface area contributed by atoms with Gasteiger partial charge in [-0.1, -0.05) is 13.8 Å². The zero-order valence-corrected chi connectivity index (χ0v) is 13.3. The van der Waals surface area contributed by atoms with Gasteiger partial charge in [0, 0.05) is 12.5 Å². The van der Waals surface area contributed by atoms with Crippen LogP contribution in [-0.4, -0.2) is 23.0 Å². The molecule has 1 aromatic rings. The molecule has 0 fully saturated rings. The number of thiophene rings is 1. The Labute approximate surface area is 124 Å². The Morgan fingerprint density at radius 3 is 2.50 bits per heavy atom. The monoisotopic (exact) mass is 297 g/mol. The smallest absolute Gasteiger partial charge is 0.310 e. The third-order valence-electron chi connectivity index (χ3n) is 3.82. The van der Waals surface area contributed by atoms with Crippen molar-refractivity contribution >= 4 is 23.2 Å². The highest BCUT2D eigenvalue weighted by molar-refractivity contribution is 7.07. The molecular weight excluding hydrogens is 274 g/mol. The van der Waals surface area contributed by atoms with Crippen molar-refractivity contribution in [1.82, 2.24) is 5.32 Å². The summed E-state index contributed by atoms with van der Waals surface area (Å²) in [5.41, 5.74) is 0.166. The molecule has 2 N–H and O–H groups in total. The van der Waals surface area contributed by atoms with Gasteiger partial charge in [0.2, 0.25) is 5.91 Å². The van der Waals surface area contributed by atoms with Crippen LogP contribution in [0.5, 0.6) is 0 Å². The highest BCUT2D eigenvalue weighted by Crippen LogP contribution is 2.31. The molecule has 1 rings (SSSR count). The second kappa shape index (κ2) is 6.88. The first-order valence-corrected chi connectivity index (χ1v) is 7.74. The maximum Gasteiger partial charge on any atom is 0.310 e. The first kappa shape index (κ1) is 16.7. The number of carbonyl (C=O) groups is 2. The van der Waals surface area contributed by atoms with Crippen LogP contribution in [0.15, 0.2) is 16.8 Å². The van der Waals surface area contributed by atoms with E-state index in [0.717, 1.165) is 6.42 Å². The molecule has 0 aliphatic heterocycles. The summed E-state index contributed by atoms with van der Waals surface area (Å²) in [6.45, 7) is 7.22. The molecule has 2 atom stereocenters. The molecule has 2 unspecified atom stereocenters. The van der Waals surface area contributed by atoms with Crippen LogP contribution >= 0.6 is 11.3 Å². The van der Waals surface area contributed by atoms with Gasteiger partial charge >= 0.3 is 5.97 Å². The fourth-order valence-electron chi connectivity index (χ4n) is 2.00. The van der Waals surface area contributed by atoms with E-state index in [2.05, 4.69) is 10.7 Å². The van der Waals surface area contributed by atoms with E-state index >= 15 is 0 Å². The van der Waals surface area contributed by atoms with Crippen molar-refractivity contribution < 1.29 is 14.7 Å². The van der Waals surface area contributed by atoms with Crippen molar-refractivity contribution in [2.45, 2.75) is 46.6 Å². The normalized spacial score (nSPS) is 15.7. The third kappa shape index (κ3) is 4.34. The minimum atomic E-state index is -1.02. The van der Waals surface area contributed by atoms with Crippen LogP contribution in [0.2, 0.25) is 0 Å². The maximum atomic E-state index is 12.0. The van der Waals surface area contributed by atoms with Crippen LogP contribution in [-0.2, 0) is 16.0 Å². The Hall–Kier alpha value is -1.36. The van der Waals surface area contributed by atoms with Gasteiger partial charge in [0.25, 0.3) is 0 Å². The quantitative estimate of drug-likeness (QED) is 0.813. The summed E-state index contributed by atoms with van der Waals surface area (Å²) in [6, 6.07) is 2.03. The maximum absolute atomic E-state index is 12.0. The van der Waals surface area contributed by atoms with Gasteiger partial charge < -0.3 is 10.4 Å². The first-order valence-electron chi connectivity index (χ1n) is 6.79. The molecule has 0 aliphatic rings. The number of carbonyl (C=O) groups excluding carboxylic acids is 1. The van der Waals surface area contributed by atoms with E-state index in [4.69, 9.17) is 0 Å². The molecule has 4 nitrogen and oxygen atoms in total. The number of aliphatic carboxylic acids is 1. The molecule has 0 aliphatic carbocycles. The number of hydrogen-bond donors (Lipinski definition) is 2. The number of rotatable bonds is 7. The van der Waals surface area contributed by atoms with Crippen molar-refractivity contribution in [3.63, 3.8) is 0 Å². The predicted octanol–water partition coefficient (Wildman–Crippen LogP) is 2.93. The number of hydrogen-bond acceptors (Lipinski definition) is 3. The molecular formula is C15H23NO3S. The van der Waals surface area contributed by atoms with Crippen molar-refractivity contribution in [3.05, 3.63) is 22.4 Å². The molecule has 112 valence electrons. The van der Waals surface area contributed by atoms with Crippen LogP contribution in [0.25, 0.3) is 0 Å². The molecule has 0 aromatic carbocycles. The lowest BCUT2D eigenvalue weighted by atomic mass is 9.76. The largest absolute Gasteiger partial charge is 0.481 e. The van der Waals surface area contributed by atoms with Gasteiger partial charge in [-0.15, -0.1) is 0 Å². The Kier molecular flexibility index (Phi) is 5.74. The fraction of sp³-hybridized carbons (Fsp3) is 0.600. The zero-order chi connectivity index (χ0) is 15.3. The second-order valence-corrected chi connectivity index (χ2v) is 6.64. The molecule has 1 aromatic heterocycles. The summed E-state index contributed by atoms with van der Waals surface area (Å²) in [5.74, 6) is -1.22. The lowest BCUT2D eigenvalue weighted by Crippen LogP contribution is -2.42. The van der Waals surface area contributed by atoms with Crippen molar-refractivity contribution in [3.8, 4) is 0 Å². The van der Waals surface area contributed by atoms with Gasteiger partial charge in [-0.05, 0) is 48.6 Å². The topological polar surface area (TPSA) is 66.4 Å². The number of carboxylic acid groups (broad SMARTS) is 1. The first-order chi connectivity index (χ1) is 9.25. The molecule has 20 heavy (non-hydrogen) atoms. The summed E-state index contributed by atoms with van der Waals surface area (Å²) in [6.07, 6.45) is 0.773. The summed E-state index contributed by atoms with van der Waals surface area (Å²) in [5, 5.41) is 16.3. The van der Waals surface area contributed by atoms with Gasteiger partial charge in [-0.25, -0.2) is 0 Å². The van der Waals surface area contributed by atoms with Crippen LogP contribution in [0.3, 0.4) is 0 Å². The summed E-state index contributed by atoms with van der Waals surface area (Å²) >= 11 is 1.63. The van der Waals surface area contributed by atoms with Gasteiger partial charge in [-0.2, -0.15) is 11.3 Å². The van der Waals surface area contributed by atoms with Gasteiger partial charge in [0.15, 0.2) is 0 Å². The van der Waals surface area contributed by atoms with E-state index in [9.17, 15) is 14.7 Å². The van der Waals surface area contributed by atoms with Crippen LogP contribution in [0.1, 0.15) is 39.7 Å². The third-order valence-corrected chi connectivity index (χ3v) is 4.55. The van der Waals surface area contributed by atoms with E-state index in [1.807, 2.05) is 32.2 Å². The van der Waals surface area contributed by atoms with E-state index in [1.54, 1.807) is 18.3 Å². The number of nitrogens with one attached hydrogen (secondary N) is 1. The van der Waals surface area contributed by atoms with Gasteiger partial charge in [0.05, 0.1) is 5.41 Å². The van der Waals surface area contributed by atoms with Crippen LogP contribution < -0.4 is 5.32 Å². The van der Waals surface area contributed by atoms with Gasteiger partial charge in [-0.3, -0.25) is 9.59 Å². The van der Waals surface area contributed by atoms with Gasteiger partial charge in [0.1, 0.15) is 0 Å². The summed E-state index contributed by atoms with van der Waals surface area (Å²) in [4.78, 5) is 23.4. The molecule has 0 spiro atoms. The lowest BCUT2D eigenvalue weighted by molar-refractivity contribution is -0.153. The Morgan fingerprint density at radius 2 is 2.05 bits per heavy atom. The molecule has 5 heteroatoms. The average Bonchev–Trinajstić information content (AvgIpc) is 2.80. The lowest BCUT2D eigenvalue weighted by Gasteiger charge is -2.29. The van der Waals surface area contributed by atoms with E-state index in [-0.39, 0.29) is 24.3 Å². The highest BCUT2D eigenvalue weighted by Gasteiger charge is 2.38. The van der Waals surface area contributed by atoms with E-state index < -0.39 is 11.4 Å². The summed E-state index contributed by atoms with van der Waals surface area (Å²) < 4.78 is 0. The molecule has 1 heterocycles.